The van der Waals surface area contributed by atoms with Crippen molar-refractivity contribution < 1.29 is 4.79 Å². The molecule has 2 aromatic heterocycles. The van der Waals surface area contributed by atoms with E-state index in [-0.39, 0.29) is 5.91 Å². The third-order valence-corrected chi connectivity index (χ3v) is 4.67. The molecular formula is C16H14N2OS2. The second-order valence-electron chi connectivity index (χ2n) is 4.56. The maximum absolute atomic E-state index is 12.2. The number of carbonyl (C=O) groups is 1. The Hall–Kier alpha value is -1.98. The summed E-state index contributed by atoms with van der Waals surface area (Å²) in [7, 11) is 0. The molecule has 0 saturated heterocycles. The van der Waals surface area contributed by atoms with Gasteiger partial charge in [0, 0.05) is 22.0 Å². The third kappa shape index (κ3) is 3.20. The molecule has 0 spiro atoms. The van der Waals surface area contributed by atoms with Crippen LogP contribution >= 0.6 is 22.7 Å². The topological polar surface area (TPSA) is 42.0 Å². The van der Waals surface area contributed by atoms with Crippen LogP contribution in [0.5, 0.6) is 0 Å². The maximum atomic E-state index is 12.2. The molecule has 0 fully saturated rings. The monoisotopic (exact) mass is 314 g/mol. The highest BCUT2D eigenvalue weighted by Crippen LogP contribution is 2.26. The van der Waals surface area contributed by atoms with Crippen molar-refractivity contribution in [3.05, 3.63) is 57.7 Å². The standard InChI is InChI=1S/C16H14N2OS2/c1-2-11-4-3-5-13(8-11)17-15(19)14-10-21-16(18-14)12-6-7-20-9-12/h3-10H,2H2,1H3,(H,17,19). The number of thiazole rings is 1. The summed E-state index contributed by atoms with van der Waals surface area (Å²) in [5.41, 5.74) is 3.54. The summed E-state index contributed by atoms with van der Waals surface area (Å²) in [5, 5.41) is 9.62. The Kier molecular flexibility index (Phi) is 4.13. The van der Waals surface area contributed by atoms with Gasteiger partial charge in [-0.3, -0.25) is 4.79 Å². The van der Waals surface area contributed by atoms with Gasteiger partial charge in [0.05, 0.1) is 0 Å². The smallest absolute Gasteiger partial charge is 0.275 e. The van der Waals surface area contributed by atoms with Crippen molar-refractivity contribution in [2.45, 2.75) is 13.3 Å². The molecule has 0 unspecified atom stereocenters. The lowest BCUT2D eigenvalue weighted by Crippen LogP contribution is -2.12. The summed E-state index contributed by atoms with van der Waals surface area (Å²) in [6.07, 6.45) is 0.947. The van der Waals surface area contributed by atoms with Gasteiger partial charge in [0.15, 0.2) is 0 Å². The van der Waals surface area contributed by atoms with Crippen molar-refractivity contribution in [2.75, 3.05) is 5.32 Å². The number of benzene rings is 1. The van der Waals surface area contributed by atoms with Gasteiger partial charge in [0.2, 0.25) is 0 Å². The zero-order chi connectivity index (χ0) is 14.7. The highest BCUT2D eigenvalue weighted by atomic mass is 32.1. The highest BCUT2D eigenvalue weighted by Gasteiger charge is 2.12. The Bertz CT molecular complexity index is 747. The van der Waals surface area contributed by atoms with Crippen LogP contribution in [-0.4, -0.2) is 10.9 Å². The Morgan fingerprint density at radius 2 is 2.19 bits per heavy atom. The number of aryl methyl sites for hydroxylation is 1. The molecule has 1 N–H and O–H groups in total. The molecule has 0 atom stereocenters. The number of anilines is 1. The summed E-state index contributed by atoms with van der Waals surface area (Å²) in [4.78, 5) is 16.6. The first-order valence-electron chi connectivity index (χ1n) is 6.64. The van der Waals surface area contributed by atoms with E-state index in [1.54, 1.807) is 16.7 Å². The van der Waals surface area contributed by atoms with Crippen molar-refractivity contribution in [3.63, 3.8) is 0 Å². The molecule has 2 heterocycles. The van der Waals surface area contributed by atoms with E-state index in [1.807, 2.05) is 41.1 Å². The molecule has 0 bridgehead atoms. The van der Waals surface area contributed by atoms with Crippen LogP contribution < -0.4 is 5.32 Å². The van der Waals surface area contributed by atoms with Gasteiger partial charge in [-0.25, -0.2) is 4.98 Å². The molecule has 0 aliphatic carbocycles. The highest BCUT2D eigenvalue weighted by molar-refractivity contribution is 7.14. The minimum Gasteiger partial charge on any atom is -0.321 e. The molecule has 0 aliphatic rings. The van der Waals surface area contributed by atoms with E-state index >= 15 is 0 Å². The van der Waals surface area contributed by atoms with E-state index in [1.165, 1.54) is 16.9 Å². The van der Waals surface area contributed by atoms with Gasteiger partial charge in [0.25, 0.3) is 5.91 Å². The van der Waals surface area contributed by atoms with E-state index in [0.717, 1.165) is 22.7 Å². The Morgan fingerprint density at radius 1 is 1.29 bits per heavy atom. The van der Waals surface area contributed by atoms with Crippen molar-refractivity contribution in [2.24, 2.45) is 0 Å². The van der Waals surface area contributed by atoms with Crippen molar-refractivity contribution in [1.29, 1.82) is 0 Å². The number of thiophene rings is 1. The molecule has 106 valence electrons. The number of nitrogens with zero attached hydrogens (tertiary/aromatic N) is 1. The fraction of sp³-hybridized carbons (Fsp3) is 0.125. The number of hydrogen-bond acceptors (Lipinski definition) is 4. The Labute approximate surface area is 131 Å². The molecule has 0 aliphatic heterocycles. The van der Waals surface area contributed by atoms with Crippen LogP contribution in [0.1, 0.15) is 23.0 Å². The average molecular weight is 314 g/mol. The number of amides is 1. The number of rotatable bonds is 4. The molecule has 1 amide bonds. The fourth-order valence-corrected chi connectivity index (χ4v) is 3.47. The lowest BCUT2D eigenvalue weighted by Gasteiger charge is -2.04. The van der Waals surface area contributed by atoms with Gasteiger partial charge in [-0.15, -0.1) is 11.3 Å². The van der Waals surface area contributed by atoms with Crippen molar-refractivity contribution in [3.8, 4) is 10.6 Å². The fourth-order valence-electron chi connectivity index (χ4n) is 1.96. The number of aromatic nitrogens is 1. The van der Waals surface area contributed by atoms with E-state index < -0.39 is 0 Å². The van der Waals surface area contributed by atoms with Gasteiger partial charge < -0.3 is 5.32 Å². The Balaban J connectivity index is 1.76. The number of hydrogen-bond donors (Lipinski definition) is 1. The summed E-state index contributed by atoms with van der Waals surface area (Å²) in [6.45, 7) is 2.09. The summed E-state index contributed by atoms with van der Waals surface area (Å²) >= 11 is 3.11. The van der Waals surface area contributed by atoms with E-state index in [2.05, 4.69) is 17.2 Å². The SMILES string of the molecule is CCc1cccc(NC(=O)c2csc(-c3ccsc3)n2)c1. The minimum atomic E-state index is -0.166. The van der Waals surface area contributed by atoms with Crippen LogP contribution in [0, 0.1) is 0 Å². The lowest BCUT2D eigenvalue weighted by molar-refractivity contribution is 0.102. The lowest BCUT2D eigenvalue weighted by atomic mass is 10.1. The largest absolute Gasteiger partial charge is 0.321 e. The van der Waals surface area contributed by atoms with Gasteiger partial charge in [-0.1, -0.05) is 19.1 Å². The molecule has 3 nitrogen and oxygen atoms in total. The maximum Gasteiger partial charge on any atom is 0.275 e. The van der Waals surface area contributed by atoms with Gasteiger partial charge >= 0.3 is 0 Å². The summed E-state index contributed by atoms with van der Waals surface area (Å²) in [6, 6.07) is 9.89. The van der Waals surface area contributed by atoms with Crippen LogP contribution in [0.25, 0.3) is 10.6 Å². The minimum absolute atomic E-state index is 0.166. The quantitative estimate of drug-likeness (QED) is 0.759. The molecule has 3 aromatic rings. The molecular weight excluding hydrogens is 300 g/mol. The predicted molar refractivity (Wildman–Crippen MR) is 89.2 cm³/mol. The van der Waals surface area contributed by atoms with Crippen LogP contribution in [0.4, 0.5) is 5.69 Å². The van der Waals surface area contributed by atoms with E-state index in [4.69, 9.17) is 0 Å². The molecule has 0 saturated carbocycles. The van der Waals surface area contributed by atoms with Crippen molar-refractivity contribution in [1.82, 2.24) is 4.98 Å². The van der Waals surface area contributed by atoms with Crippen LogP contribution in [0.2, 0.25) is 0 Å². The van der Waals surface area contributed by atoms with Crippen LogP contribution in [-0.2, 0) is 6.42 Å². The Morgan fingerprint density at radius 3 is 2.95 bits per heavy atom. The number of nitrogens with one attached hydrogen (secondary N) is 1. The van der Waals surface area contributed by atoms with E-state index in [0.29, 0.717) is 5.69 Å². The molecule has 0 radical (unpaired) electrons. The molecule has 1 aromatic carbocycles. The normalized spacial score (nSPS) is 10.5. The van der Waals surface area contributed by atoms with Crippen LogP contribution in [0.3, 0.4) is 0 Å². The summed E-state index contributed by atoms with van der Waals surface area (Å²) in [5.74, 6) is -0.166. The van der Waals surface area contributed by atoms with Gasteiger partial charge in [0.1, 0.15) is 10.7 Å². The van der Waals surface area contributed by atoms with Gasteiger partial charge in [-0.05, 0) is 35.6 Å². The molecule has 5 heteroatoms. The zero-order valence-electron chi connectivity index (χ0n) is 11.5. The van der Waals surface area contributed by atoms with Crippen LogP contribution in [0.15, 0.2) is 46.5 Å². The molecule has 21 heavy (non-hydrogen) atoms. The second kappa shape index (κ2) is 6.20. The van der Waals surface area contributed by atoms with Crippen molar-refractivity contribution >= 4 is 34.3 Å². The average Bonchev–Trinajstić information content (AvgIpc) is 3.18. The molecule has 3 rings (SSSR count). The van der Waals surface area contributed by atoms with E-state index in [9.17, 15) is 4.79 Å². The first-order valence-corrected chi connectivity index (χ1v) is 8.47. The van der Waals surface area contributed by atoms with Gasteiger partial charge in [-0.2, -0.15) is 11.3 Å². The first kappa shape index (κ1) is 14.0. The predicted octanol–water partition coefficient (Wildman–Crippen LogP) is 4.69. The number of carbonyl (C=O) groups excluding carboxylic acids is 1. The first-order chi connectivity index (χ1) is 10.3. The third-order valence-electron chi connectivity index (χ3n) is 3.10. The summed E-state index contributed by atoms with van der Waals surface area (Å²) < 4.78 is 0. The second-order valence-corrected chi connectivity index (χ2v) is 6.20. The zero-order valence-corrected chi connectivity index (χ0v) is 13.1.